The van der Waals surface area contributed by atoms with Crippen molar-refractivity contribution in [3.8, 4) is 0 Å². The molecule has 6 heteroatoms. The molecule has 0 saturated carbocycles. The van der Waals surface area contributed by atoms with E-state index in [1.54, 1.807) is 6.92 Å². The number of piperidine rings is 1. The van der Waals surface area contributed by atoms with Gasteiger partial charge in [0.25, 0.3) is 0 Å². The minimum Gasteiger partial charge on any atom is -0.324 e. The molecular formula is C22H25F3N2O. The number of nitrogens with zero attached hydrogens (tertiary/aromatic N) is 1. The number of hydrogen-bond acceptors (Lipinski definition) is 2. The lowest BCUT2D eigenvalue weighted by molar-refractivity contribution is -0.137. The zero-order valence-electron chi connectivity index (χ0n) is 15.9. The summed E-state index contributed by atoms with van der Waals surface area (Å²) in [5, 5.41) is 2.46. The van der Waals surface area contributed by atoms with E-state index in [0.717, 1.165) is 38.4 Å². The third-order valence-electron chi connectivity index (χ3n) is 5.43. The highest BCUT2D eigenvalue weighted by Crippen LogP contribution is 2.34. The second-order valence-corrected chi connectivity index (χ2v) is 7.38. The molecule has 1 amide bonds. The van der Waals surface area contributed by atoms with Crippen LogP contribution in [-0.2, 0) is 17.4 Å². The molecule has 150 valence electrons. The Balaban J connectivity index is 1.55. The average molecular weight is 390 g/mol. The molecule has 0 bridgehead atoms. The second-order valence-electron chi connectivity index (χ2n) is 7.38. The number of alkyl halides is 3. The zero-order valence-corrected chi connectivity index (χ0v) is 15.9. The molecule has 2 aromatic rings. The molecule has 0 aliphatic carbocycles. The van der Waals surface area contributed by atoms with Gasteiger partial charge in [-0.3, -0.25) is 9.69 Å². The van der Waals surface area contributed by atoms with E-state index in [-0.39, 0.29) is 5.69 Å². The monoisotopic (exact) mass is 390 g/mol. The number of halogens is 3. The SMILES string of the molecule is C[C@H](C(=O)Nc1ccccc1C(F)(F)F)N1CCC(Cc2ccccc2)CC1. The highest BCUT2D eigenvalue weighted by Gasteiger charge is 2.34. The third-order valence-corrected chi connectivity index (χ3v) is 5.43. The summed E-state index contributed by atoms with van der Waals surface area (Å²) in [6.45, 7) is 3.29. The van der Waals surface area contributed by atoms with Crippen molar-refractivity contribution in [2.75, 3.05) is 18.4 Å². The Bertz CT molecular complexity index is 784. The predicted molar refractivity (Wildman–Crippen MR) is 104 cm³/mol. The van der Waals surface area contributed by atoms with Crippen LogP contribution in [0.1, 0.15) is 30.9 Å². The highest BCUT2D eigenvalue weighted by molar-refractivity contribution is 5.95. The second kappa shape index (κ2) is 8.78. The van der Waals surface area contributed by atoms with Gasteiger partial charge >= 0.3 is 6.18 Å². The van der Waals surface area contributed by atoms with Gasteiger partial charge in [-0.25, -0.2) is 0 Å². The van der Waals surface area contributed by atoms with Crippen molar-refractivity contribution in [1.82, 2.24) is 4.90 Å². The van der Waals surface area contributed by atoms with E-state index >= 15 is 0 Å². The van der Waals surface area contributed by atoms with E-state index in [9.17, 15) is 18.0 Å². The third kappa shape index (κ3) is 5.13. The van der Waals surface area contributed by atoms with Gasteiger partial charge < -0.3 is 5.32 Å². The maximum Gasteiger partial charge on any atom is 0.418 e. The molecule has 1 aliphatic rings. The number of carbonyl (C=O) groups is 1. The van der Waals surface area contributed by atoms with Crippen LogP contribution in [0.2, 0.25) is 0 Å². The van der Waals surface area contributed by atoms with Crippen LogP contribution < -0.4 is 5.32 Å². The number of carbonyl (C=O) groups excluding carboxylic acids is 1. The molecule has 1 N–H and O–H groups in total. The van der Waals surface area contributed by atoms with Crippen LogP contribution in [0.4, 0.5) is 18.9 Å². The van der Waals surface area contributed by atoms with Gasteiger partial charge in [0, 0.05) is 0 Å². The van der Waals surface area contributed by atoms with Crippen LogP contribution in [0.15, 0.2) is 54.6 Å². The van der Waals surface area contributed by atoms with Crippen molar-refractivity contribution in [3.05, 3.63) is 65.7 Å². The molecule has 1 atom stereocenters. The van der Waals surface area contributed by atoms with Crippen molar-refractivity contribution in [1.29, 1.82) is 0 Å². The van der Waals surface area contributed by atoms with Crippen LogP contribution in [0.25, 0.3) is 0 Å². The van der Waals surface area contributed by atoms with Gasteiger partial charge in [0.05, 0.1) is 17.3 Å². The maximum atomic E-state index is 13.1. The standard InChI is InChI=1S/C22H25F3N2O/c1-16(21(28)26-20-10-6-5-9-19(20)22(23,24)25)27-13-11-18(12-14-27)15-17-7-3-2-4-8-17/h2-10,16,18H,11-15H2,1H3,(H,26,28)/t16-/m1/s1. The molecule has 1 saturated heterocycles. The molecule has 28 heavy (non-hydrogen) atoms. The molecule has 3 nitrogen and oxygen atoms in total. The van der Waals surface area contributed by atoms with Gasteiger partial charge in [0.1, 0.15) is 0 Å². The molecule has 2 aromatic carbocycles. The number of benzene rings is 2. The minimum atomic E-state index is -4.50. The smallest absolute Gasteiger partial charge is 0.324 e. The van der Waals surface area contributed by atoms with E-state index in [2.05, 4.69) is 17.4 Å². The number of hydrogen-bond donors (Lipinski definition) is 1. The van der Waals surface area contributed by atoms with E-state index in [4.69, 9.17) is 0 Å². The quantitative estimate of drug-likeness (QED) is 0.780. The summed E-state index contributed by atoms with van der Waals surface area (Å²) in [6.07, 6.45) is -1.52. The van der Waals surface area contributed by atoms with Gasteiger partial charge in [0.2, 0.25) is 5.91 Å². The fraction of sp³-hybridized carbons (Fsp3) is 0.409. The molecule has 1 heterocycles. The average Bonchev–Trinajstić information content (AvgIpc) is 2.68. The molecule has 0 aromatic heterocycles. The topological polar surface area (TPSA) is 32.3 Å². The molecule has 1 aliphatic heterocycles. The molecule has 0 radical (unpaired) electrons. The number of amides is 1. The Morgan fingerprint density at radius 2 is 1.68 bits per heavy atom. The van der Waals surface area contributed by atoms with Gasteiger partial charge in [-0.2, -0.15) is 13.2 Å². The van der Waals surface area contributed by atoms with Gasteiger partial charge in [-0.15, -0.1) is 0 Å². The summed E-state index contributed by atoms with van der Waals surface area (Å²) < 4.78 is 39.3. The van der Waals surface area contributed by atoms with Crippen LogP contribution in [0.3, 0.4) is 0 Å². The highest BCUT2D eigenvalue weighted by atomic mass is 19.4. The van der Waals surface area contributed by atoms with Crippen molar-refractivity contribution in [3.63, 3.8) is 0 Å². The van der Waals surface area contributed by atoms with Crippen molar-refractivity contribution in [2.24, 2.45) is 5.92 Å². The van der Waals surface area contributed by atoms with Crippen LogP contribution in [-0.4, -0.2) is 29.9 Å². The van der Waals surface area contributed by atoms with Crippen LogP contribution >= 0.6 is 0 Å². The summed E-state index contributed by atoms with van der Waals surface area (Å²) in [5.41, 5.74) is 0.304. The number of nitrogens with one attached hydrogen (secondary N) is 1. The predicted octanol–water partition coefficient (Wildman–Crippen LogP) is 4.99. The minimum absolute atomic E-state index is 0.189. The summed E-state index contributed by atoms with van der Waals surface area (Å²) >= 11 is 0. The first kappa shape index (κ1) is 20.4. The Hall–Kier alpha value is -2.34. The molecule has 1 fully saturated rings. The summed E-state index contributed by atoms with van der Waals surface area (Å²) in [7, 11) is 0. The van der Waals surface area contributed by atoms with Gasteiger partial charge in [0.15, 0.2) is 0 Å². The van der Waals surface area contributed by atoms with E-state index < -0.39 is 23.7 Å². The maximum absolute atomic E-state index is 13.1. The summed E-state index contributed by atoms with van der Waals surface area (Å²) in [6, 6.07) is 14.9. The lowest BCUT2D eigenvalue weighted by Gasteiger charge is -2.35. The number of likely N-dealkylation sites (tertiary alicyclic amines) is 1. The largest absolute Gasteiger partial charge is 0.418 e. The molecule has 0 spiro atoms. The Labute approximate surface area is 163 Å². The fourth-order valence-corrected chi connectivity index (χ4v) is 3.73. The number of anilines is 1. The molecule has 3 rings (SSSR count). The van der Waals surface area contributed by atoms with Crippen molar-refractivity contribution in [2.45, 2.75) is 38.4 Å². The van der Waals surface area contributed by atoms with Crippen molar-refractivity contribution >= 4 is 11.6 Å². The Kier molecular flexibility index (Phi) is 6.39. The molecular weight excluding hydrogens is 365 g/mol. The van der Waals surface area contributed by atoms with Crippen LogP contribution in [0, 0.1) is 5.92 Å². The van der Waals surface area contributed by atoms with E-state index in [0.29, 0.717) is 5.92 Å². The van der Waals surface area contributed by atoms with Gasteiger partial charge in [-0.05, 0) is 62.9 Å². The van der Waals surface area contributed by atoms with Crippen LogP contribution in [0.5, 0.6) is 0 Å². The number of para-hydroxylation sites is 1. The first-order chi connectivity index (χ1) is 13.3. The first-order valence-corrected chi connectivity index (χ1v) is 9.59. The Morgan fingerprint density at radius 3 is 2.32 bits per heavy atom. The van der Waals surface area contributed by atoms with E-state index in [1.165, 1.54) is 23.8 Å². The summed E-state index contributed by atoms with van der Waals surface area (Å²) in [4.78, 5) is 14.6. The van der Waals surface area contributed by atoms with Crippen molar-refractivity contribution < 1.29 is 18.0 Å². The normalized spacial score (nSPS) is 17.3. The lowest BCUT2D eigenvalue weighted by Crippen LogP contribution is -2.46. The number of rotatable bonds is 5. The van der Waals surface area contributed by atoms with Gasteiger partial charge in [-0.1, -0.05) is 42.5 Å². The lowest BCUT2D eigenvalue weighted by atomic mass is 9.89. The Morgan fingerprint density at radius 1 is 1.07 bits per heavy atom. The van der Waals surface area contributed by atoms with E-state index in [1.807, 2.05) is 23.1 Å². The first-order valence-electron chi connectivity index (χ1n) is 9.59. The fourth-order valence-electron chi connectivity index (χ4n) is 3.73. The molecule has 0 unspecified atom stereocenters. The summed E-state index contributed by atoms with van der Waals surface area (Å²) in [5.74, 6) is 0.165. The zero-order chi connectivity index (χ0) is 20.1.